The van der Waals surface area contributed by atoms with E-state index in [0.717, 1.165) is 36.2 Å². The van der Waals surface area contributed by atoms with Gasteiger partial charge in [-0.3, -0.25) is 10.1 Å². The van der Waals surface area contributed by atoms with E-state index < -0.39 is 23.4 Å². The lowest BCUT2D eigenvalue weighted by atomic mass is 10.1. The minimum absolute atomic E-state index is 0.148. The Bertz CT molecular complexity index is 1190. The molecule has 0 bridgehead atoms. The number of rotatable bonds is 8. The van der Waals surface area contributed by atoms with Crippen molar-refractivity contribution < 1.29 is 18.0 Å². The number of hydrogen-bond donors (Lipinski definition) is 3. The van der Waals surface area contributed by atoms with E-state index in [0.29, 0.717) is 30.2 Å². The van der Waals surface area contributed by atoms with E-state index in [4.69, 9.17) is 10.4 Å². The summed E-state index contributed by atoms with van der Waals surface area (Å²) in [7, 11) is 1.80. The van der Waals surface area contributed by atoms with Crippen LogP contribution in [0.25, 0.3) is 0 Å². The van der Waals surface area contributed by atoms with Gasteiger partial charge in [-0.25, -0.2) is 4.99 Å². The summed E-state index contributed by atoms with van der Waals surface area (Å²) >= 11 is 1.15. The molecule has 37 heavy (non-hydrogen) atoms. The molecule has 2 fully saturated rings. The van der Waals surface area contributed by atoms with Crippen molar-refractivity contribution >= 4 is 34.9 Å². The molecule has 1 amide bonds. The Hall–Kier alpha value is -2.85. The quantitative estimate of drug-likeness (QED) is 0.238. The van der Waals surface area contributed by atoms with Gasteiger partial charge in [0.1, 0.15) is 11.9 Å². The molecule has 10 heteroatoms. The van der Waals surface area contributed by atoms with E-state index in [1.54, 1.807) is 20.0 Å². The molecule has 0 aromatic heterocycles. The average molecular weight is 532 g/mol. The molecule has 0 radical (unpaired) electrons. The second-order valence-corrected chi connectivity index (χ2v) is 11.1. The number of benzene rings is 2. The van der Waals surface area contributed by atoms with Crippen LogP contribution in [0.15, 0.2) is 58.4 Å². The van der Waals surface area contributed by atoms with Crippen LogP contribution in [0.4, 0.5) is 18.9 Å². The van der Waals surface area contributed by atoms with E-state index in [1.165, 1.54) is 12.1 Å². The number of thioether (sulfide) groups is 1. The third kappa shape index (κ3) is 6.73. The standard InChI is InChI=1S/C27H32F3N5OS/c1-17-7-6-8-19(13-17)33-24(14-18(2)31)35-16-20(15-22(35)25(36)34-26(32-3)11-12-26)37-23-10-5-4-9-21(23)27(28,29)30/h4-10,13,20,22,31-32H,11-12,14-16H2,1-3H3,(H,34,36). The predicted octanol–water partition coefficient (Wildman–Crippen LogP) is 5.53. The fourth-order valence-corrected chi connectivity index (χ4v) is 5.91. The number of carbonyl (C=O) groups is 1. The fourth-order valence-electron chi connectivity index (χ4n) is 4.57. The first kappa shape index (κ1) is 27.2. The van der Waals surface area contributed by atoms with Gasteiger partial charge in [-0.2, -0.15) is 13.2 Å². The number of alkyl halides is 3. The zero-order chi connectivity index (χ0) is 26.8. The number of nitrogens with one attached hydrogen (secondary N) is 3. The third-order valence-electron chi connectivity index (χ3n) is 6.66. The average Bonchev–Trinajstić information content (AvgIpc) is 3.47. The molecule has 2 aromatic carbocycles. The third-order valence-corrected chi connectivity index (χ3v) is 7.94. The Labute approximate surface area is 219 Å². The van der Waals surface area contributed by atoms with Crippen LogP contribution in [0.3, 0.4) is 0 Å². The lowest BCUT2D eigenvalue weighted by Gasteiger charge is -2.29. The smallest absolute Gasteiger partial charge is 0.347 e. The maximum atomic E-state index is 13.6. The summed E-state index contributed by atoms with van der Waals surface area (Å²) in [6.07, 6.45) is -2.21. The van der Waals surface area contributed by atoms with Crippen molar-refractivity contribution in [3.05, 3.63) is 59.7 Å². The molecule has 2 unspecified atom stereocenters. The van der Waals surface area contributed by atoms with Gasteiger partial charge in [-0.05, 0) is 70.0 Å². The van der Waals surface area contributed by atoms with Crippen molar-refractivity contribution in [1.82, 2.24) is 15.5 Å². The maximum Gasteiger partial charge on any atom is 0.417 e. The van der Waals surface area contributed by atoms with Crippen molar-refractivity contribution in [2.75, 3.05) is 13.6 Å². The number of likely N-dealkylation sites (tertiary alicyclic amines) is 1. The van der Waals surface area contributed by atoms with Crippen molar-refractivity contribution in [3.8, 4) is 0 Å². The van der Waals surface area contributed by atoms with Crippen LogP contribution in [0.1, 0.15) is 43.7 Å². The minimum atomic E-state index is -4.46. The molecular formula is C27H32F3N5OS. The maximum absolute atomic E-state index is 13.6. The zero-order valence-electron chi connectivity index (χ0n) is 21.2. The number of nitrogens with zero attached hydrogens (tertiary/aromatic N) is 2. The van der Waals surface area contributed by atoms with Gasteiger partial charge >= 0.3 is 6.18 Å². The second-order valence-electron chi connectivity index (χ2n) is 9.78. The van der Waals surface area contributed by atoms with Crippen LogP contribution in [0, 0.1) is 12.3 Å². The van der Waals surface area contributed by atoms with Gasteiger partial charge in [0.05, 0.1) is 16.9 Å². The molecule has 2 aliphatic rings. The molecule has 3 N–H and O–H groups in total. The molecule has 1 saturated carbocycles. The van der Waals surface area contributed by atoms with Crippen LogP contribution >= 0.6 is 11.8 Å². The largest absolute Gasteiger partial charge is 0.417 e. The van der Waals surface area contributed by atoms with Gasteiger partial charge in [-0.15, -0.1) is 11.8 Å². The van der Waals surface area contributed by atoms with Crippen LogP contribution in [0.2, 0.25) is 0 Å². The number of aryl methyl sites for hydroxylation is 1. The fraction of sp³-hybridized carbons (Fsp3) is 0.444. The molecule has 4 rings (SSSR count). The molecule has 1 saturated heterocycles. The second kappa shape index (κ2) is 10.9. The highest BCUT2D eigenvalue weighted by Gasteiger charge is 2.47. The van der Waals surface area contributed by atoms with Crippen molar-refractivity contribution in [3.63, 3.8) is 0 Å². The first-order chi connectivity index (χ1) is 17.5. The summed E-state index contributed by atoms with van der Waals surface area (Å²) in [5, 5.41) is 14.1. The zero-order valence-corrected chi connectivity index (χ0v) is 22.0. The molecule has 198 valence electrons. The molecular weight excluding hydrogens is 499 g/mol. The Morgan fingerprint density at radius 1 is 1.22 bits per heavy atom. The van der Waals surface area contributed by atoms with Crippen molar-refractivity contribution in [1.29, 1.82) is 5.41 Å². The van der Waals surface area contributed by atoms with E-state index >= 15 is 0 Å². The Morgan fingerprint density at radius 2 is 1.95 bits per heavy atom. The van der Waals surface area contributed by atoms with Gasteiger partial charge < -0.3 is 15.6 Å². The molecule has 2 aromatic rings. The van der Waals surface area contributed by atoms with Crippen LogP contribution < -0.4 is 10.6 Å². The molecule has 0 spiro atoms. The number of halogens is 3. The highest BCUT2D eigenvalue weighted by Crippen LogP contribution is 2.41. The highest BCUT2D eigenvalue weighted by atomic mass is 32.2. The number of carbonyl (C=O) groups excluding carboxylic acids is 1. The lowest BCUT2D eigenvalue weighted by molar-refractivity contribution is -0.139. The molecule has 1 aliphatic heterocycles. The summed E-state index contributed by atoms with van der Waals surface area (Å²) in [4.78, 5) is 20.4. The van der Waals surface area contributed by atoms with Gasteiger partial charge in [-0.1, -0.05) is 24.3 Å². The lowest BCUT2D eigenvalue weighted by Crippen LogP contribution is -2.53. The van der Waals surface area contributed by atoms with Gasteiger partial charge in [0, 0.05) is 28.8 Å². The number of aliphatic imine (C=N–C) groups is 1. The summed E-state index contributed by atoms with van der Waals surface area (Å²) in [6, 6.07) is 12.6. The summed E-state index contributed by atoms with van der Waals surface area (Å²) in [5.74, 6) is 0.387. The monoisotopic (exact) mass is 531 g/mol. The molecule has 6 nitrogen and oxygen atoms in total. The predicted molar refractivity (Wildman–Crippen MR) is 142 cm³/mol. The van der Waals surface area contributed by atoms with Gasteiger partial charge in [0.15, 0.2) is 0 Å². The molecule has 1 heterocycles. The van der Waals surface area contributed by atoms with Crippen molar-refractivity contribution in [2.45, 2.75) is 67.6 Å². The number of amidine groups is 1. The minimum Gasteiger partial charge on any atom is -0.347 e. The summed E-state index contributed by atoms with van der Waals surface area (Å²) in [5.41, 5.74) is 1.03. The van der Waals surface area contributed by atoms with Crippen molar-refractivity contribution in [2.24, 2.45) is 4.99 Å². The summed E-state index contributed by atoms with van der Waals surface area (Å²) < 4.78 is 40.9. The normalized spacial score (nSPS) is 21.1. The Balaban J connectivity index is 1.66. The molecule has 2 atom stereocenters. The van der Waals surface area contributed by atoms with Crippen LogP contribution in [-0.4, -0.2) is 52.9 Å². The first-order valence-corrected chi connectivity index (χ1v) is 13.2. The van der Waals surface area contributed by atoms with Crippen LogP contribution in [0.5, 0.6) is 0 Å². The van der Waals surface area contributed by atoms with E-state index in [2.05, 4.69) is 10.6 Å². The SMILES string of the molecule is CNC1(NC(=O)C2CC(Sc3ccccc3C(F)(F)F)CN2C(CC(C)=N)=Nc2cccc(C)c2)CC1. The molecule has 1 aliphatic carbocycles. The van der Waals surface area contributed by atoms with Gasteiger partial charge in [0.2, 0.25) is 5.91 Å². The number of amides is 1. The summed E-state index contributed by atoms with van der Waals surface area (Å²) in [6.45, 7) is 3.99. The van der Waals surface area contributed by atoms with E-state index in [9.17, 15) is 18.0 Å². The van der Waals surface area contributed by atoms with E-state index in [-0.39, 0.29) is 22.5 Å². The number of hydrogen-bond acceptors (Lipinski definition) is 5. The topological polar surface area (TPSA) is 80.6 Å². The highest BCUT2D eigenvalue weighted by molar-refractivity contribution is 8.00. The van der Waals surface area contributed by atoms with E-state index in [1.807, 2.05) is 36.1 Å². The Kier molecular flexibility index (Phi) is 7.99. The first-order valence-electron chi connectivity index (χ1n) is 12.3. The van der Waals surface area contributed by atoms with Crippen LogP contribution in [-0.2, 0) is 11.0 Å². The van der Waals surface area contributed by atoms with Gasteiger partial charge in [0.25, 0.3) is 0 Å². The Morgan fingerprint density at radius 3 is 2.57 bits per heavy atom.